The second-order valence-electron chi connectivity index (χ2n) is 5.66. The summed E-state index contributed by atoms with van der Waals surface area (Å²) in [5, 5.41) is 6.37. The molecule has 0 amide bonds. The van der Waals surface area contributed by atoms with Gasteiger partial charge in [0.15, 0.2) is 5.96 Å². The van der Waals surface area contributed by atoms with Crippen molar-refractivity contribution < 1.29 is 13.2 Å². The number of halogens is 3. The molecular weight excluding hydrogens is 305 g/mol. The third-order valence-electron chi connectivity index (χ3n) is 3.62. The highest BCUT2D eigenvalue weighted by molar-refractivity contribution is 5.80. The number of benzene rings is 1. The summed E-state index contributed by atoms with van der Waals surface area (Å²) in [6, 6.07) is 9.84. The molecule has 1 heterocycles. The van der Waals surface area contributed by atoms with Crippen molar-refractivity contribution in [3.63, 3.8) is 0 Å². The molecule has 0 spiro atoms. The SMILES string of the molecule is CCNC(=NCc1ccccc1)NC1CCN(CC(F)(F)F)C1. The fraction of sp³-hybridized carbons (Fsp3) is 0.562. The zero-order valence-electron chi connectivity index (χ0n) is 13.2. The van der Waals surface area contributed by atoms with E-state index in [1.807, 2.05) is 37.3 Å². The highest BCUT2D eigenvalue weighted by atomic mass is 19.4. The van der Waals surface area contributed by atoms with Crippen LogP contribution in [-0.2, 0) is 6.54 Å². The molecule has 0 aromatic heterocycles. The van der Waals surface area contributed by atoms with Gasteiger partial charge in [-0.25, -0.2) is 4.99 Å². The largest absolute Gasteiger partial charge is 0.401 e. The van der Waals surface area contributed by atoms with Gasteiger partial charge in [-0.3, -0.25) is 4.90 Å². The summed E-state index contributed by atoms with van der Waals surface area (Å²) >= 11 is 0. The number of hydrogen-bond acceptors (Lipinski definition) is 2. The molecule has 7 heteroatoms. The third kappa shape index (κ3) is 6.48. The lowest BCUT2D eigenvalue weighted by Crippen LogP contribution is -2.45. The smallest absolute Gasteiger partial charge is 0.357 e. The molecule has 1 saturated heterocycles. The molecule has 1 atom stereocenters. The number of hydrogen-bond donors (Lipinski definition) is 2. The molecule has 2 rings (SSSR count). The molecule has 2 N–H and O–H groups in total. The van der Waals surface area contributed by atoms with Crippen LogP contribution in [0.15, 0.2) is 35.3 Å². The topological polar surface area (TPSA) is 39.7 Å². The predicted molar refractivity (Wildman–Crippen MR) is 85.3 cm³/mol. The van der Waals surface area contributed by atoms with Crippen LogP contribution in [0.5, 0.6) is 0 Å². The van der Waals surface area contributed by atoms with E-state index in [0.717, 1.165) is 5.56 Å². The Morgan fingerprint density at radius 3 is 2.70 bits per heavy atom. The highest BCUT2D eigenvalue weighted by Crippen LogP contribution is 2.19. The number of nitrogens with zero attached hydrogens (tertiary/aromatic N) is 2. The van der Waals surface area contributed by atoms with E-state index in [-0.39, 0.29) is 6.04 Å². The number of guanidine groups is 1. The van der Waals surface area contributed by atoms with Crippen LogP contribution < -0.4 is 10.6 Å². The van der Waals surface area contributed by atoms with Gasteiger partial charge in [0.1, 0.15) is 0 Å². The van der Waals surface area contributed by atoms with Crippen LogP contribution in [0.25, 0.3) is 0 Å². The van der Waals surface area contributed by atoms with Gasteiger partial charge in [0.05, 0.1) is 13.1 Å². The monoisotopic (exact) mass is 328 g/mol. The Labute approximate surface area is 134 Å². The Balaban J connectivity index is 1.87. The third-order valence-corrected chi connectivity index (χ3v) is 3.62. The minimum Gasteiger partial charge on any atom is -0.357 e. The lowest BCUT2D eigenvalue weighted by molar-refractivity contribution is -0.143. The van der Waals surface area contributed by atoms with Gasteiger partial charge >= 0.3 is 6.18 Å². The summed E-state index contributed by atoms with van der Waals surface area (Å²) in [7, 11) is 0. The zero-order valence-corrected chi connectivity index (χ0v) is 13.2. The summed E-state index contributed by atoms with van der Waals surface area (Å²) in [4.78, 5) is 5.93. The van der Waals surface area contributed by atoms with Gasteiger partial charge in [0, 0.05) is 25.7 Å². The van der Waals surface area contributed by atoms with E-state index in [0.29, 0.717) is 38.6 Å². The molecule has 4 nitrogen and oxygen atoms in total. The van der Waals surface area contributed by atoms with Crippen molar-refractivity contribution in [1.29, 1.82) is 0 Å². The number of nitrogens with one attached hydrogen (secondary N) is 2. The van der Waals surface area contributed by atoms with E-state index >= 15 is 0 Å². The van der Waals surface area contributed by atoms with Crippen LogP contribution in [0.2, 0.25) is 0 Å². The molecule has 23 heavy (non-hydrogen) atoms. The van der Waals surface area contributed by atoms with Crippen LogP contribution in [0.3, 0.4) is 0 Å². The highest BCUT2D eigenvalue weighted by Gasteiger charge is 2.34. The molecule has 1 aromatic carbocycles. The number of aliphatic imine (C=N–C) groups is 1. The lowest BCUT2D eigenvalue weighted by atomic mass is 10.2. The van der Waals surface area contributed by atoms with Crippen molar-refractivity contribution in [2.24, 2.45) is 4.99 Å². The van der Waals surface area contributed by atoms with E-state index < -0.39 is 12.7 Å². The first kappa shape index (κ1) is 17.6. The summed E-state index contributed by atoms with van der Waals surface area (Å²) in [5.74, 6) is 0.648. The molecule has 1 unspecified atom stereocenters. The van der Waals surface area contributed by atoms with Gasteiger partial charge in [-0.2, -0.15) is 13.2 Å². The molecule has 1 aliphatic rings. The van der Waals surface area contributed by atoms with Crippen LogP contribution >= 0.6 is 0 Å². The molecule has 0 bridgehead atoms. The van der Waals surface area contributed by atoms with Crippen LogP contribution in [0.1, 0.15) is 18.9 Å². The standard InChI is InChI=1S/C16H23F3N4/c1-2-20-15(21-10-13-6-4-3-5-7-13)22-14-8-9-23(11-14)12-16(17,18)19/h3-7,14H,2,8-12H2,1H3,(H2,20,21,22). The van der Waals surface area contributed by atoms with E-state index in [9.17, 15) is 13.2 Å². The average Bonchev–Trinajstić information content (AvgIpc) is 2.91. The quantitative estimate of drug-likeness (QED) is 0.644. The van der Waals surface area contributed by atoms with E-state index in [4.69, 9.17) is 0 Å². The number of likely N-dealkylation sites (tertiary alicyclic amines) is 1. The Kier molecular flexibility index (Phi) is 6.27. The van der Waals surface area contributed by atoms with Gasteiger partial charge < -0.3 is 10.6 Å². The molecule has 1 aliphatic heterocycles. The van der Waals surface area contributed by atoms with Crippen molar-refractivity contribution in [1.82, 2.24) is 15.5 Å². The maximum Gasteiger partial charge on any atom is 0.401 e. The van der Waals surface area contributed by atoms with E-state index in [2.05, 4.69) is 15.6 Å². The van der Waals surface area contributed by atoms with Crippen LogP contribution in [-0.4, -0.2) is 49.3 Å². The molecule has 0 aliphatic carbocycles. The van der Waals surface area contributed by atoms with Gasteiger partial charge in [-0.05, 0) is 18.9 Å². The van der Waals surface area contributed by atoms with Gasteiger partial charge in [0.25, 0.3) is 0 Å². The molecule has 128 valence electrons. The van der Waals surface area contributed by atoms with Crippen molar-refractivity contribution >= 4 is 5.96 Å². The first-order chi connectivity index (χ1) is 11.0. The van der Waals surface area contributed by atoms with Gasteiger partial charge in [0.2, 0.25) is 0 Å². The first-order valence-corrected chi connectivity index (χ1v) is 7.84. The van der Waals surface area contributed by atoms with Crippen LogP contribution in [0, 0.1) is 0 Å². The first-order valence-electron chi connectivity index (χ1n) is 7.84. The fourth-order valence-corrected chi connectivity index (χ4v) is 2.61. The Hall–Kier alpha value is -1.76. The van der Waals surface area contributed by atoms with Crippen molar-refractivity contribution in [2.45, 2.75) is 32.1 Å². The average molecular weight is 328 g/mol. The second kappa shape index (κ2) is 8.19. The Morgan fingerprint density at radius 2 is 2.04 bits per heavy atom. The Bertz CT molecular complexity index is 502. The summed E-state index contributed by atoms with van der Waals surface area (Å²) in [5.41, 5.74) is 1.09. The normalized spacial score (nSPS) is 19.8. The number of rotatable bonds is 5. The molecular formula is C16H23F3N4. The summed E-state index contributed by atoms with van der Waals surface area (Å²) in [6.45, 7) is 3.20. The maximum absolute atomic E-state index is 12.4. The van der Waals surface area contributed by atoms with Crippen molar-refractivity contribution in [2.75, 3.05) is 26.2 Å². The minimum absolute atomic E-state index is 0.00840. The lowest BCUT2D eigenvalue weighted by Gasteiger charge is -2.19. The molecule has 0 radical (unpaired) electrons. The summed E-state index contributed by atoms with van der Waals surface area (Å²) in [6.07, 6.45) is -3.45. The van der Waals surface area contributed by atoms with Gasteiger partial charge in [-0.15, -0.1) is 0 Å². The zero-order chi connectivity index (χ0) is 16.7. The van der Waals surface area contributed by atoms with Gasteiger partial charge in [-0.1, -0.05) is 30.3 Å². The van der Waals surface area contributed by atoms with Crippen LogP contribution in [0.4, 0.5) is 13.2 Å². The predicted octanol–water partition coefficient (Wildman–Crippen LogP) is 2.38. The second-order valence-corrected chi connectivity index (χ2v) is 5.66. The molecule has 1 fully saturated rings. The molecule has 0 saturated carbocycles. The van der Waals surface area contributed by atoms with E-state index in [1.165, 1.54) is 4.90 Å². The van der Waals surface area contributed by atoms with E-state index in [1.54, 1.807) is 0 Å². The van der Waals surface area contributed by atoms with Crippen molar-refractivity contribution in [3.8, 4) is 0 Å². The number of alkyl halides is 3. The summed E-state index contributed by atoms with van der Waals surface area (Å²) < 4.78 is 37.3. The Morgan fingerprint density at radius 1 is 1.30 bits per heavy atom. The maximum atomic E-state index is 12.4. The minimum atomic E-state index is -4.14. The molecule has 1 aromatic rings. The van der Waals surface area contributed by atoms with Crippen molar-refractivity contribution in [3.05, 3.63) is 35.9 Å². The fourth-order valence-electron chi connectivity index (χ4n) is 2.61.